The largest absolute Gasteiger partial charge is 0.493 e. The van der Waals surface area contributed by atoms with Crippen LogP contribution in [0.25, 0.3) is 5.69 Å². The zero-order valence-corrected chi connectivity index (χ0v) is 16.9. The van der Waals surface area contributed by atoms with Crippen LogP contribution in [0.5, 0.6) is 5.88 Å². The molecule has 3 rings (SSSR count). The number of nitriles is 2. The number of azo groups is 1. The second kappa shape index (κ2) is 7.64. The number of para-hydroxylation sites is 1. The minimum atomic E-state index is -0.660. The van der Waals surface area contributed by atoms with E-state index in [-0.39, 0.29) is 33.6 Å². The summed E-state index contributed by atoms with van der Waals surface area (Å²) in [6.45, 7) is 7.24. The van der Waals surface area contributed by atoms with Crippen molar-refractivity contribution in [3.63, 3.8) is 0 Å². The monoisotopic (exact) mass is 401 g/mol. The standard InChI is InChI=1S/C21H19N7O2/c1-12-14(10-22)19(29)28(13-8-6-5-7-9-13)20(30)16(12)24-26-18-15(11-23)17(25-27-18)21(2,3)4/h5-9,30H,1-4H3,(H,25,27)/b26-24+. The molecule has 0 radical (unpaired) electrons. The number of H-pyrrole nitrogens is 1. The number of aromatic amines is 1. The third-order valence-electron chi connectivity index (χ3n) is 4.52. The van der Waals surface area contributed by atoms with Gasteiger partial charge in [0.15, 0.2) is 11.5 Å². The first-order chi connectivity index (χ1) is 14.2. The molecule has 0 bridgehead atoms. The van der Waals surface area contributed by atoms with Gasteiger partial charge in [-0.1, -0.05) is 39.0 Å². The molecule has 0 unspecified atom stereocenters. The van der Waals surface area contributed by atoms with Crippen molar-refractivity contribution in [2.75, 3.05) is 0 Å². The van der Waals surface area contributed by atoms with Gasteiger partial charge in [-0.3, -0.25) is 9.89 Å². The van der Waals surface area contributed by atoms with Crippen LogP contribution in [0.1, 0.15) is 43.2 Å². The fraction of sp³-hybridized carbons (Fsp3) is 0.238. The van der Waals surface area contributed by atoms with E-state index in [2.05, 4.69) is 26.5 Å². The van der Waals surface area contributed by atoms with Gasteiger partial charge in [0.2, 0.25) is 5.88 Å². The van der Waals surface area contributed by atoms with Crippen molar-refractivity contribution >= 4 is 11.5 Å². The summed E-state index contributed by atoms with van der Waals surface area (Å²) in [5.74, 6) is -0.335. The van der Waals surface area contributed by atoms with Crippen molar-refractivity contribution in [1.29, 1.82) is 10.5 Å². The van der Waals surface area contributed by atoms with Crippen LogP contribution in [-0.4, -0.2) is 19.9 Å². The molecule has 0 saturated carbocycles. The average molecular weight is 401 g/mol. The molecule has 0 atom stereocenters. The maximum absolute atomic E-state index is 12.7. The van der Waals surface area contributed by atoms with Crippen molar-refractivity contribution in [3.8, 4) is 23.7 Å². The molecule has 3 aromatic rings. The van der Waals surface area contributed by atoms with E-state index in [9.17, 15) is 20.4 Å². The lowest BCUT2D eigenvalue weighted by atomic mass is 9.90. The molecular weight excluding hydrogens is 382 g/mol. The quantitative estimate of drug-likeness (QED) is 0.637. The van der Waals surface area contributed by atoms with Crippen molar-refractivity contribution in [2.24, 2.45) is 10.2 Å². The van der Waals surface area contributed by atoms with E-state index in [1.54, 1.807) is 30.3 Å². The molecular formula is C21H19N7O2. The van der Waals surface area contributed by atoms with Crippen LogP contribution in [0.15, 0.2) is 45.4 Å². The fourth-order valence-electron chi connectivity index (χ4n) is 2.98. The molecule has 9 nitrogen and oxygen atoms in total. The summed E-state index contributed by atoms with van der Waals surface area (Å²) in [5, 5.41) is 44.7. The first kappa shape index (κ1) is 20.5. The summed E-state index contributed by atoms with van der Waals surface area (Å²) < 4.78 is 0.999. The predicted octanol–water partition coefficient (Wildman–Crippen LogP) is 4.03. The predicted molar refractivity (Wildman–Crippen MR) is 109 cm³/mol. The minimum absolute atomic E-state index is 0.0502. The summed E-state index contributed by atoms with van der Waals surface area (Å²) in [7, 11) is 0. The Labute approximate surface area is 172 Å². The molecule has 0 aliphatic carbocycles. The normalized spacial score (nSPS) is 11.4. The summed E-state index contributed by atoms with van der Waals surface area (Å²) in [4.78, 5) is 12.7. The molecule has 30 heavy (non-hydrogen) atoms. The van der Waals surface area contributed by atoms with Crippen molar-refractivity contribution < 1.29 is 5.11 Å². The highest BCUT2D eigenvalue weighted by Crippen LogP contribution is 2.35. The summed E-state index contributed by atoms with van der Waals surface area (Å²) in [5.41, 5.74) is 0.0743. The molecule has 0 saturated heterocycles. The van der Waals surface area contributed by atoms with E-state index in [0.717, 1.165) is 4.57 Å². The van der Waals surface area contributed by atoms with E-state index in [0.29, 0.717) is 11.4 Å². The zero-order chi connectivity index (χ0) is 22.1. The Morgan fingerprint density at radius 2 is 1.73 bits per heavy atom. The Morgan fingerprint density at radius 1 is 1.10 bits per heavy atom. The van der Waals surface area contributed by atoms with Crippen LogP contribution in [0.4, 0.5) is 11.5 Å². The smallest absolute Gasteiger partial charge is 0.276 e. The van der Waals surface area contributed by atoms with Crippen molar-refractivity contribution in [2.45, 2.75) is 33.1 Å². The Morgan fingerprint density at radius 3 is 2.30 bits per heavy atom. The van der Waals surface area contributed by atoms with Gasteiger partial charge in [-0.05, 0) is 19.1 Å². The number of nitrogens with one attached hydrogen (secondary N) is 1. The van der Waals surface area contributed by atoms with Gasteiger partial charge in [0.25, 0.3) is 5.56 Å². The van der Waals surface area contributed by atoms with Crippen LogP contribution in [0.2, 0.25) is 0 Å². The molecule has 0 aliphatic rings. The molecule has 0 aliphatic heterocycles. The highest BCUT2D eigenvalue weighted by Gasteiger charge is 2.25. The molecule has 0 amide bonds. The number of hydrogen-bond acceptors (Lipinski definition) is 7. The molecule has 1 aromatic carbocycles. The Bertz CT molecular complexity index is 1280. The zero-order valence-electron chi connectivity index (χ0n) is 16.9. The summed E-state index contributed by atoms with van der Waals surface area (Å²) >= 11 is 0. The van der Waals surface area contributed by atoms with Gasteiger partial charge in [0, 0.05) is 11.0 Å². The third kappa shape index (κ3) is 3.45. The van der Waals surface area contributed by atoms with Gasteiger partial charge < -0.3 is 5.11 Å². The molecule has 2 aromatic heterocycles. The van der Waals surface area contributed by atoms with E-state index in [1.165, 1.54) is 6.92 Å². The van der Waals surface area contributed by atoms with Crippen LogP contribution >= 0.6 is 0 Å². The number of aromatic nitrogens is 3. The molecule has 2 N–H and O–H groups in total. The first-order valence-corrected chi connectivity index (χ1v) is 9.05. The first-order valence-electron chi connectivity index (χ1n) is 9.05. The summed E-state index contributed by atoms with van der Waals surface area (Å²) in [6.07, 6.45) is 0. The molecule has 150 valence electrons. The van der Waals surface area contributed by atoms with Crippen molar-refractivity contribution in [3.05, 3.63) is 63.1 Å². The highest BCUT2D eigenvalue weighted by molar-refractivity contribution is 5.62. The lowest BCUT2D eigenvalue weighted by Crippen LogP contribution is -2.22. The third-order valence-corrected chi connectivity index (χ3v) is 4.52. The van der Waals surface area contributed by atoms with Crippen LogP contribution < -0.4 is 5.56 Å². The Kier molecular flexibility index (Phi) is 5.22. The number of pyridine rings is 1. The second-order valence-electron chi connectivity index (χ2n) is 7.62. The van der Waals surface area contributed by atoms with E-state index in [4.69, 9.17) is 0 Å². The number of rotatable bonds is 3. The number of hydrogen-bond donors (Lipinski definition) is 2. The van der Waals surface area contributed by atoms with Gasteiger partial charge in [0.05, 0.1) is 11.4 Å². The van der Waals surface area contributed by atoms with Crippen LogP contribution in [0.3, 0.4) is 0 Å². The van der Waals surface area contributed by atoms with Crippen LogP contribution in [-0.2, 0) is 5.41 Å². The lowest BCUT2D eigenvalue weighted by molar-refractivity contribution is 0.436. The topological polar surface area (TPSA) is 143 Å². The van der Waals surface area contributed by atoms with Crippen molar-refractivity contribution in [1.82, 2.24) is 14.8 Å². The van der Waals surface area contributed by atoms with Gasteiger partial charge in [-0.2, -0.15) is 15.6 Å². The SMILES string of the molecule is Cc1c(/N=N/c2[nH]nc(C(C)(C)C)c2C#N)c(O)n(-c2ccccc2)c(=O)c1C#N. The van der Waals surface area contributed by atoms with E-state index in [1.807, 2.05) is 26.8 Å². The Balaban J connectivity index is 2.22. The summed E-state index contributed by atoms with van der Waals surface area (Å²) in [6, 6.07) is 12.3. The van der Waals surface area contributed by atoms with Gasteiger partial charge in [0.1, 0.15) is 23.3 Å². The van der Waals surface area contributed by atoms with Gasteiger partial charge in [-0.25, -0.2) is 4.57 Å². The lowest BCUT2D eigenvalue weighted by Gasteiger charge is -2.14. The number of aromatic hydroxyl groups is 1. The average Bonchev–Trinajstić information content (AvgIpc) is 3.12. The number of nitrogens with zero attached hydrogens (tertiary/aromatic N) is 6. The molecule has 0 fully saturated rings. The maximum atomic E-state index is 12.7. The molecule has 0 spiro atoms. The maximum Gasteiger partial charge on any atom is 0.276 e. The molecule has 2 heterocycles. The minimum Gasteiger partial charge on any atom is -0.493 e. The Hall–Kier alpha value is -4.24. The number of benzene rings is 1. The fourth-order valence-corrected chi connectivity index (χ4v) is 2.98. The van der Waals surface area contributed by atoms with Gasteiger partial charge in [-0.15, -0.1) is 10.2 Å². The van der Waals surface area contributed by atoms with Gasteiger partial charge >= 0.3 is 0 Å². The highest BCUT2D eigenvalue weighted by atomic mass is 16.3. The van der Waals surface area contributed by atoms with E-state index >= 15 is 0 Å². The van der Waals surface area contributed by atoms with Crippen LogP contribution in [0, 0.1) is 29.6 Å². The second-order valence-corrected chi connectivity index (χ2v) is 7.62. The molecule has 9 heteroatoms. The van der Waals surface area contributed by atoms with E-state index < -0.39 is 11.4 Å².